The fraction of sp³-hybridized carbons (Fsp3) is 0.583. The van der Waals surface area contributed by atoms with E-state index in [1.165, 1.54) is 4.88 Å². The molecule has 0 saturated heterocycles. The normalized spacial score (nSPS) is 12.4. The molecule has 0 aliphatic carbocycles. The Morgan fingerprint density at radius 1 is 1.47 bits per heavy atom. The zero-order valence-electron chi connectivity index (χ0n) is 10.3. The predicted molar refractivity (Wildman–Crippen MR) is 73.7 cm³/mol. The van der Waals surface area contributed by atoms with Crippen molar-refractivity contribution in [2.24, 2.45) is 0 Å². The van der Waals surface area contributed by atoms with Crippen molar-refractivity contribution in [3.63, 3.8) is 0 Å². The van der Waals surface area contributed by atoms with E-state index in [0.29, 0.717) is 13.0 Å². The molecule has 1 aromatic rings. The molecule has 0 radical (unpaired) electrons. The van der Waals surface area contributed by atoms with Gasteiger partial charge in [0.2, 0.25) is 5.91 Å². The third kappa shape index (κ3) is 5.52. The molecule has 1 amide bonds. The minimum Gasteiger partial charge on any atom is -0.356 e. The first-order valence-corrected chi connectivity index (χ1v) is 7.08. The van der Waals surface area contributed by atoms with Crippen LogP contribution in [-0.4, -0.2) is 19.0 Å². The summed E-state index contributed by atoms with van der Waals surface area (Å²) >= 11 is 7.44. The number of nitrogens with one attached hydrogen (secondary N) is 2. The minimum absolute atomic E-state index is 0.107. The second kappa shape index (κ2) is 7.69. The summed E-state index contributed by atoms with van der Waals surface area (Å²) in [5.74, 6) is 0.107. The topological polar surface area (TPSA) is 41.1 Å². The Balaban J connectivity index is 2.20. The highest BCUT2D eigenvalue weighted by Crippen LogP contribution is 2.26. The number of carbonyl (C=O) groups is 1. The van der Waals surface area contributed by atoms with Gasteiger partial charge in [-0.2, -0.15) is 0 Å². The van der Waals surface area contributed by atoms with E-state index >= 15 is 0 Å². The van der Waals surface area contributed by atoms with E-state index in [1.54, 1.807) is 11.3 Å². The number of halogens is 1. The molecule has 1 rings (SSSR count). The molecule has 0 fully saturated rings. The Labute approximate surface area is 112 Å². The van der Waals surface area contributed by atoms with Crippen LogP contribution >= 0.6 is 22.9 Å². The molecule has 1 aromatic heterocycles. The number of amides is 1. The monoisotopic (exact) mass is 274 g/mol. The largest absolute Gasteiger partial charge is 0.356 e. The average Bonchev–Trinajstić information content (AvgIpc) is 2.73. The molecule has 0 aromatic carbocycles. The summed E-state index contributed by atoms with van der Waals surface area (Å²) in [4.78, 5) is 12.6. The molecule has 0 aliphatic rings. The Kier molecular flexibility index (Phi) is 6.55. The second-order valence-electron chi connectivity index (χ2n) is 3.92. The van der Waals surface area contributed by atoms with Gasteiger partial charge in [0, 0.05) is 30.4 Å². The van der Waals surface area contributed by atoms with Gasteiger partial charge in [0.15, 0.2) is 0 Å². The number of carbonyl (C=O) groups excluding carboxylic acids is 1. The maximum absolute atomic E-state index is 11.4. The minimum atomic E-state index is 0.107. The van der Waals surface area contributed by atoms with E-state index in [-0.39, 0.29) is 11.9 Å². The van der Waals surface area contributed by atoms with Crippen LogP contribution in [0, 0.1) is 0 Å². The third-order valence-electron chi connectivity index (χ3n) is 2.40. The van der Waals surface area contributed by atoms with Crippen LogP contribution in [0.1, 0.15) is 37.6 Å². The van der Waals surface area contributed by atoms with Crippen LogP contribution in [0.5, 0.6) is 0 Å². The quantitative estimate of drug-likeness (QED) is 0.803. The second-order valence-corrected chi connectivity index (χ2v) is 5.66. The van der Waals surface area contributed by atoms with E-state index in [4.69, 9.17) is 11.6 Å². The smallest absolute Gasteiger partial charge is 0.221 e. The van der Waals surface area contributed by atoms with Crippen molar-refractivity contribution in [3.8, 4) is 0 Å². The highest BCUT2D eigenvalue weighted by atomic mass is 35.5. The van der Waals surface area contributed by atoms with Crippen molar-refractivity contribution in [1.82, 2.24) is 10.6 Å². The lowest BCUT2D eigenvalue weighted by Crippen LogP contribution is -2.29. The molecule has 0 spiro atoms. The van der Waals surface area contributed by atoms with Gasteiger partial charge in [0.05, 0.1) is 4.34 Å². The molecular weight excluding hydrogens is 256 g/mol. The first kappa shape index (κ1) is 14.5. The molecule has 0 bridgehead atoms. The molecule has 2 N–H and O–H groups in total. The molecule has 1 heterocycles. The summed E-state index contributed by atoms with van der Waals surface area (Å²) in [5.41, 5.74) is 0. The van der Waals surface area contributed by atoms with Crippen LogP contribution in [-0.2, 0) is 4.79 Å². The van der Waals surface area contributed by atoms with E-state index in [0.717, 1.165) is 17.3 Å². The lowest BCUT2D eigenvalue weighted by molar-refractivity contribution is -0.121. The highest BCUT2D eigenvalue weighted by Gasteiger charge is 2.08. The summed E-state index contributed by atoms with van der Waals surface area (Å²) in [5, 5.41) is 6.16. The van der Waals surface area contributed by atoms with Crippen LogP contribution in [0.25, 0.3) is 0 Å². The van der Waals surface area contributed by atoms with E-state index in [2.05, 4.69) is 17.6 Å². The molecule has 3 nitrogen and oxygen atoms in total. The summed E-state index contributed by atoms with van der Waals surface area (Å²) in [6.45, 7) is 5.56. The van der Waals surface area contributed by atoms with Gasteiger partial charge in [-0.05, 0) is 25.5 Å². The fourth-order valence-electron chi connectivity index (χ4n) is 1.42. The summed E-state index contributed by atoms with van der Waals surface area (Å²) in [7, 11) is 0. The van der Waals surface area contributed by atoms with Crippen LogP contribution in [0.3, 0.4) is 0 Å². The van der Waals surface area contributed by atoms with Gasteiger partial charge in [-0.15, -0.1) is 11.3 Å². The average molecular weight is 275 g/mol. The molecule has 17 heavy (non-hydrogen) atoms. The van der Waals surface area contributed by atoms with Gasteiger partial charge in [-0.1, -0.05) is 18.5 Å². The van der Waals surface area contributed by atoms with Crippen LogP contribution in [0.4, 0.5) is 0 Å². The SMILES string of the molecule is CCCNC(=O)CCNC(C)c1ccc(Cl)s1. The Morgan fingerprint density at radius 2 is 2.24 bits per heavy atom. The third-order valence-corrected chi connectivity index (χ3v) is 3.81. The number of rotatable bonds is 7. The summed E-state index contributed by atoms with van der Waals surface area (Å²) < 4.78 is 0.800. The van der Waals surface area contributed by atoms with Crippen molar-refractivity contribution in [2.45, 2.75) is 32.7 Å². The predicted octanol–water partition coefficient (Wildman–Crippen LogP) is 2.97. The van der Waals surface area contributed by atoms with E-state index in [1.807, 2.05) is 19.1 Å². The standard InChI is InChI=1S/C12H19ClN2OS/c1-3-7-15-12(16)6-8-14-9(2)10-4-5-11(13)17-10/h4-5,9,14H,3,6-8H2,1-2H3,(H,15,16). The maximum Gasteiger partial charge on any atom is 0.221 e. The summed E-state index contributed by atoms with van der Waals surface area (Å²) in [6, 6.07) is 4.15. The Morgan fingerprint density at radius 3 is 2.82 bits per heavy atom. The molecule has 5 heteroatoms. The van der Waals surface area contributed by atoms with Gasteiger partial charge in [0.25, 0.3) is 0 Å². The van der Waals surface area contributed by atoms with Crippen molar-refractivity contribution in [2.75, 3.05) is 13.1 Å². The number of thiophene rings is 1. The molecular formula is C12H19ClN2OS. The molecule has 96 valence electrons. The van der Waals surface area contributed by atoms with Gasteiger partial charge >= 0.3 is 0 Å². The lowest BCUT2D eigenvalue weighted by atomic mass is 10.2. The first-order chi connectivity index (χ1) is 8.13. The van der Waals surface area contributed by atoms with Crippen molar-refractivity contribution < 1.29 is 4.79 Å². The van der Waals surface area contributed by atoms with Crippen molar-refractivity contribution in [3.05, 3.63) is 21.3 Å². The fourth-order valence-corrected chi connectivity index (χ4v) is 2.50. The lowest BCUT2D eigenvalue weighted by Gasteiger charge is -2.11. The van der Waals surface area contributed by atoms with Gasteiger partial charge in [-0.25, -0.2) is 0 Å². The number of hydrogen-bond acceptors (Lipinski definition) is 3. The number of hydrogen-bond donors (Lipinski definition) is 2. The van der Waals surface area contributed by atoms with Crippen molar-refractivity contribution in [1.29, 1.82) is 0 Å². The Bertz CT molecular complexity index is 354. The van der Waals surface area contributed by atoms with Gasteiger partial charge in [-0.3, -0.25) is 4.79 Å². The molecule has 1 atom stereocenters. The Hall–Kier alpha value is -0.580. The van der Waals surface area contributed by atoms with Crippen LogP contribution in [0.15, 0.2) is 12.1 Å². The highest BCUT2D eigenvalue weighted by molar-refractivity contribution is 7.16. The van der Waals surface area contributed by atoms with Crippen LogP contribution < -0.4 is 10.6 Å². The zero-order chi connectivity index (χ0) is 12.7. The van der Waals surface area contributed by atoms with E-state index < -0.39 is 0 Å². The molecule has 0 aliphatic heterocycles. The molecule has 1 unspecified atom stereocenters. The van der Waals surface area contributed by atoms with Crippen molar-refractivity contribution >= 4 is 28.8 Å². The van der Waals surface area contributed by atoms with Gasteiger partial charge in [0.1, 0.15) is 0 Å². The van der Waals surface area contributed by atoms with Crippen LogP contribution in [0.2, 0.25) is 4.34 Å². The molecule has 0 saturated carbocycles. The maximum atomic E-state index is 11.4. The first-order valence-electron chi connectivity index (χ1n) is 5.88. The van der Waals surface area contributed by atoms with Gasteiger partial charge < -0.3 is 10.6 Å². The summed E-state index contributed by atoms with van der Waals surface area (Å²) in [6.07, 6.45) is 1.49. The van der Waals surface area contributed by atoms with E-state index in [9.17, 15) is 4.79 Å². The zero-order valence-corrected chi connectivity index (χ0v) is 11.8.